The van der Waals surface area contributed by atoms with E-state index in [0.29, 0.717) is 17.9 Å². The van der Waals surface area contributed by atoms with Gasteiger partial charge in [0.1, 0.15) is 11.5 Å². The van der Waals surface area contributed by atoms with Crippen LogP contribution in [-0.4, -0.2) is 29.5 Å². The third kappa shape index (κ3) is 4.23. The van der Waals surface area contributed by atoms with Gasteiger partial charge in [0.25, 0.3) is 0 Å². The van der Waals surface area contributed by atoms with Gasteiger partial charge in [-0.15, -0.1) is 0 Å². The Balaban J connectivity index is 2.05. The van der Waals surface area contributed by atoms with Crippen molar-refractivity contribution in [1.82, 2.24) is 0 Å². The Morgan fingerprint density at radius 1 is 1.17 bits per heavy atom. The summed E-state index contributed by atoms with van der Waals surface area (Å²) in [6.07, 6.45) is -2.79. The first-order valence-corrected chi connectivity index (χ1v) is 9.29. The molecule has 29 heavy (non-hydrogen) atoms. The molecule has 7 heteroatoms. The SMILES string of the molecule is CCCCOc1ccc2c(c1)C=C(C(=O)O)C(Cc1ccccc1)(C(F)(F)F)O2. The fourth-order valence-electron chi connectivity index (χ4n) is 3.23. The monoisotopic (exact) mass is 406 g/mol. The Hall–Kier alpha value is -2.96. The van der Waals surface area contributed by atoms with Crippen LogP contribution < -0.4 is 9.47 Å². The normalized spacial score (nSPS) is 18.4. The average Bonchev–Trinajstić information content (AvgIpc) is 2.67. The van der Waals surface area contributed by atoms with Crippen molar-refractivity contribution in [2.24, 2.45) is 0 Å². The van der Waals surface area contributed by atoms with Crippen molar-refractivity contribution in [3.63, 3.8) is 0 Å². The summed E-state index contributed by atoms with van der Waals surface area (Å²) in [5.41, 5.74) is -3.28. The third-order valence-corrected chi connectivity index (χ3v) is 4.75. The molecular formula is C22H21F3O4. The molecule has 0 fully saturated rings. The van der Waals surface area contributed by atoms with Crippen LogP contribution in [0.4, 0.5) is 13.2 Å². The highest BCUT2D eigenvalue weighted by Crippen LogP contribution is 2.47. The van der Waals surface area contributed by atoms with Crippen LogP contribution in [0.15, 0.2) is 54.1 Å². The van der Waals surface area contributed by atoms with Gasteiger partial charge in [-0.1, -0.05) is 43.7 Å². The molecule has 0 radical (unpaired) electrons. The number of carboxylic acid groups (broad SMARTS) is 1. The van der Waals surface area contributed by atoms with Crippen molar-refractivity contribution in [3.8, 4) is 11.5 Å². The van der Waals surface area contributed by atoms with Gasteiger partial charge >= 0.3 is 12.1 Å². The molecule has 4 nitrogen and oxygen atoms in total. The summed E-state index contributed by atoms with van der Waals surface area (Å²) in [7, 11) is 0. The molecule has 0 spiro atoms. The van der Waals surface area contributed by atoms with E-state index in [1.807, 2.05) is 6.92 Å². The number of unbranched alkanes of at least 4 members (excludes halogenated alkanes) is 1. The summed E-state index contributed by atoms with van der Waals surface area (Å²) >= 11 is 0. The lowest BCUT2D eigenvalue weighted by Gasteiger charge is -2.39. The molecule has 0 saturated carbocycles. The summed E-state index contributed by atoms with van der Waals surface area (Å²) in [5, 5.41) is 9.60. The van der Waals surface area contributed by atoms with Crippen LogP contribution in [0.3, 0.4) is 0 Å². The summed E-state index contributed by atoms with van der Waals surface area (Å²) in [5.74, 6) is -1.27. The van der Waals surface area contributed by atoms with E-state index in [4.69, 9.17) is 9.47 Å². The smallest absolute Gasteiger partial charge is 0.433 e. The van der Waals surface area contributed by atoms with Crippen molar-refractivity contribution in [1.29, 1.82) is 0 Å². The highest BCUT2D eigenvalue weighted by molar-refractivity contribution is 5.96. The minimum absolute atomic E-state index is 0.0360. The zero-order valence-electron chi connectivity index (χ0n) is 15.8. The van der Waals surface area contributed by atoms with Crippen molar-refractivity contribution < 1.29 is 32.5 Å². The summed E-state index contributed by atoms with van der Waals surface area (Å²) in [6.45, 7) is 2.47. The van der Waals surface area contributed by atoms with Gasteiger partial charge < -0.3 is 14.6 Å². The second kappa shape index (κ2) is 8.19. The van der Waals surface area contributed by atoms with Crippen molar-refractivity contribution >= 4 is 12.0 Å². The van der Waals surface area contributed by atoms with Gasteiger partial charge in [-0.2, -0.15) is 13.2 Å². The molecular weight excluding hydrogens is 385 g/mol. The minimum atomic E-state index is -4.94. The Morgan fingerprint density at radius 2 is 1.90 bits per heavy atom. The van der Waals surface area contributed by atoms with E-state index in [1.54, 1.807) is 18.2 Å². The van der Waals surface area contributed by atoms with Crippen LogP contribution in [-0.2, 0) is 11.2 Å². The Labute approximate surface area is 166 Å². The molecule has 1 N–H and O–H groups in total. The molecule has 1 unspecified atom stereocenters. The van der Waals surface area contributed by atoms with Crippen molar-refractivity contribution in [3.05, 3.63) is 65.2 Å². The molecule has 1 atom stereocenters. The first-order chi connectivity index (χ1) is 13.8. The number of fused-ring (bicyclic) bond motifs is 1. The average molecular weight is 406 g/mol. The number of halogens is 3. The van der Waals surface area contributed by atoms with Gasteiger partial charge in [-0.05, 0) is 36.3 Å². The summed E-state index contributed by atoms with van der Waals surface area (Å²) in [4.78, 5) is 11.8. The molecule has 0 saturated heterocycles. The predicted octanol–water partition coefficient (Wildman–Crippen LogP) is 5.27. The largest absolute Gasteiger partial charge is 0.494 e. The molecule has 1 aliphatic rings. The van der Waals surface area contributed by atoms with Crippen LogP contribution >= 0.6 is 0 Å². The zero-order chi connectivity index (χ0) is 21.1. The van der Waals surface area contributed by atoms with E-state index in [2.05, 4.69) is 0 Å². The number of benzene rings is 2. The quantitative estimate of drug-likeness (QED) is 0.637. The van der Waals surface area contributed by atoms with E-state index in [1.165, 1.54) is 30.3 Å². The maximum absolute atomic E-state index is 14.2. The van der Waals surface area contributed by atoms with Gasteiger partial charge in [0.15, 0.2) is 0 Å². The van der Waals surface area contributed by atoms with Gasteiger partial charge in [-0.3, -0.25) is 0 Å². The number of hydrogen-bond donors (Lipinski definition) is 1. The maximum Gasteiger partial charge on any atom is 0.433 e. The highest BCUT2D eigenvalue weighted by atomic mass is 19.4. The van der Waals surface area contributed by atoms with Gasteiger partial charge in [-0.25, -0.2) is 4.79 Å². The fourth-order valence-corrected chi connectivity index (χ4v) is 3.23. The Morgan fingerprint density at radius 3 is 2.52 bits per heavy atom. The molecule has 3 rings (SSSR count). The van der Waals surface area contributed by atoms with Crippen LogP contribution in [0.5, 0.6) is 11.5 Å². The fraction of sp³-hybridized carbons (Fsp3) is 0.318. The first kappa shape index (κ1) is 20.8. The molecule has 154 valence electrons. The van der Waals surface area contributed by atoms with Crippen molar-refractivity contribution in [2.75, 3.05) is 6.61 Å². The summed E-state index contributed by atoms with van der Waals surface area (Å²) < 4.78 is 53.6. The molecule has 2 aromatic carbocycles. The molecule has 0 bridgehead atoms. The second-order valence-corrected chi connectivity index (χ2v) is 6.85. The lowest BCUT2D eigenvalue weighted by Crippen LogP contribution is -2.56. The number of rotatable bonds is 7. The molecule has 1 heterocycles. The highest BCUT2D eigenvalue weighted by Gasteiger charge is 2.63. The number of carbonyl (C=O) groups is 1. The first-order valence-electron chi connectivity index (χ1n) is 9.29. The van der Waals surface area contributed by atoms with Gasteiger partial charge in [0.05, 0.1) is 12.2 Å². The van der Waals surface area contributed by atoms with E-state index in [9.17, 15) is 23.1 Å². The van der Waals surface area contributed by atoms with E-state index in [-0.39, 0.29) is 11.3 Å². The third-order valence-electron chi connectivity index (χ3n) is 4.75. The minimum Gasteiger partial charge on any atom is -0.494 e. The lowest BCUT2D eigenvalue weighted by molar-refractivity contribution is -0.235. The number of carboxylic acids is 1. The number of hydrogen-bond acceptors (Lipinski definition) is 3. The second-order valence-electron chi connectivity index (χ2n) is 6.85. The van der Waals surface area contributed by atoms with E-state index >= 15 is 0 Å². The Kier molecular flexibility index (Phi) is 5.86. The maximum atomic E-state index is 14.2. The van der Waals surface area contributed by atoms with Crippen LogP contribution in [0, 0.1) is 0 Å². The van der Waals surface area contributed by atoms with Gasteiger partial charge in [0, 0.05) is 12.0 Å². The molecule has 0 aliphatic carbocycles. The zero-order valence-corrected chi connectivity index (χ0v) is 15.8. The molecule has 1 aliphatic heterocycles. The molecule has 0 amide bonds. The van der Waals surface area contributed by atoms with E-state index < -0.39 is 29.7 Å². The van der Waals surface area contributed by atoms with Crippen LogP contribution in [0.1, 0.15) is 30.9 Å². The Bertz CT molecular complexity index is 906. The van der Waals surface area contributed by atoms with Crippen molar-refractivity contribution in [2.45, 2.75) is 38.0 Å². The molecule has 2 aromatic rings. The molecule has 0 aromatic heterocycles. The topological polar surface area (TPSA) is 55.8 Å². The summed E-state index contributed by atoms with van der Waals surface area (Å²) in [6, 6.07) is 12.3. The van der Waals surface area contributed by atoms with Gasteiger partial charge in [0.2, 0.25) is 5.60 Å². The number of alkyl halides is 3. The standard InChI is InChI=1S/C22H21F3O4/c1-2-3-11-28-17-9-10-19-16(12-17)13-18(20(26)27)21(29-19,22(23,24)25)14-15-7-5-4-6-8-15/h4-10,12-13H,2-3,11,14H2,1H3,(H,26,27). The van der Waals surface area contributed by atoms with Crippen LogP contribution in [0.2, 0.25) is 0 Å². The lowest BCUT2D eigenvalue weighted by atomic mass is 9.82. The predicted molar refractivity (Wildman–Crippen MR) is 102 cm³/mol. The number of aliphatic carboxylic acids is 1. The number of ether oxygens (including phenoxy) is 2. The van der Waals surface area contributed by atoms with E-state index in [0.717, 1.165) is 18.9 Å². The van der Waals surface area contributed by atoms with Crippen LogP contribution in [0.25, 0.3) is 6.08 Å².